The molecule has 20 nitrogen and oxygen atoms in total. The number of rotatable bonds is 16. The standard InChI is InChI=1S/C58H86O20/c1-30-47(61)52(69-11)48(62)53(73-30)78-51-33(4)72-46(28-40(51)68-10)77-50-32(3)71-45(27-39(50)67-9)76-49-31(2)70-44(26-38(49)66-8)74-37-20-21-54(6)36(25-37)19-22-57(64)41(54)29-42(75-43(60)18-17-35-15-13-12-14-16-35)55(7)56(63,34(5)59)23-24-58(55,57)65/h12-19,30-33,37-42,44-53,61-65H,20-29H2,1-11H3/b18-17-/t30-,31-,32-,33-,37+,38+,39+,40-,41-,42-,44+,45+,46+,47+,48-,49-,50-,51-,52+,53+,54+,55-,56+,57+,58-/m1/s1. The van der Waals surface area contributed by atoms with Gasteiger partial charge in [0.2, 0.25) is 0 Å². The third-order valence-electron chi connectivity index (χ3n) is 19.7. The third kappa shape index (κ3) is 10.5. The fourth-order valence-corrected chi connectivity index (χ4v) is 15.0. The van der Waals surface area contributed by atoms with Gasteiger partial charge in [-0.3, -0.25) is 4.79 Å². The van der Waals surface area contributed by atoms with Crippen LogP contribution in [0.4, 0.5) is 0 Å². The van der Waals surface area contributed by atoms with Gasteiger partial charge in [0.15, 0.2) is 30.9 Å². The first-order chi connectivity index (χ1) is 37.0. The van der Waals surface area contributed by atoms with Gasteiger partial charge in [-0.25, -0.2) is 4.79 Å². The SMILES string of the molecule is CO[C@H]1[C@@H](O)[C@@H](C)O[C@@H](O[C@@H]2[C@@H](C)O[C@@H](O[C@H]3[C@@H](OC)C[C@H](O[C@H]4[C@@H](OC)C[C@H](O[C@H]5CC[C@@]6(C)C(=CC[C@]7(O)[C@@H]6C[C@@H](OC(=O)/C=C\c6ccccc6)[C@@]6(C)[C@]7(O)CC[C@]6(O)C(C)=O)C5)O[C@@H]4C)O[C@@H]3C)C[C@H]2OC)[C@@H]1O. The van der Waals surface area contributed by atoms with Crippen molar-refractivity contribution in [3.8, 4) is 0 Å². The van der Waals surface area contributed by atoms with E-state index < -0.39 is 156 Å². The maximum Gasteiger partial charge on any atom is 0.331 e. The Kier molecular flexibility index (Phi) is 18.0. The molecule has 4 aliphatic heterocycles. The van der Waals surface area contributed by atoms with Crippen molar-refractivity contribution in [2.24, 2.45) is 16.7 Å². The summed E-state index contributed by atoms with van der Waals surface area (Å²) < 4.78 is 81.0. The summed E-state index contributed by atoms with van der Waals surface area (Å²) >= 11 is 0. The van der Waals surface area contributed by atoms with Crippen molar-refractivity contribution in [3.63, 3.8) is 0 Å². The molecule has 0 bridgehead atoms. The third-order valence-corrected chi connectivity index (χ3v) is 19.7. The topological polar surface area (TPSA) is 255 Å². The van der Waals surface area contributed by atoms with Crippen LogP contribution in [0.1, 0.15) is 118 Å². The van der Waals surface area contributed by atoms with Gasteiger partial charge >= 0.3 is 5.97 Å². The van der Waals surface area contributed by atoms with Crippen LogP contribution in [0.25, 0.3) is 6.08 Å². The number of carbonyl (C=O) groups is 2. The van der Waals surface area contributed by atoms with Gasteiger partial charge in [-0.15, -0.1) is 0 Å². The molecule has 8 aliphatic rings. The first-order valence-corrected chi connectivity index (χ1v) is 28.0. The zero-order valence-corrected chi connectivity index (χ0v) is 47.1. The number of ketones is 1. The van der Waals surface area contributed by atoms with E-state index in [1.54, 1.807) is 41.3 Å². The first-order valence-electron chi connectivity index (χ1n) is 28.0. The second-order valence-corrected chi connectivity index (χ2v) is 23.7. The molecule has 438 valence electrons. The lowest BCUT2D eigenvalue weighted by atomic mass is 9.42. The van der Waals surface area contributed by atoms with Crippen molar-refractivity contribution < 1.29 is 96.7 Å². The molecule has 20 heteroatoms. The molecule has 4 heterocycles. The number of aliphatic hydroxyl groups excluding tert-OH is 2. The molecule has 5 N–H and O–H groups in total. The Hall–Kier alpha value is -2.84. The number of benzene rings is 1. The molecule has 0 unspecified atom stereocenters. The number of esters is 1. The van der Waals surface area contributed by atoms with E-state index in [-0.39, 0.29) is 31.8 Å². The van der Waals surface area contributed by atoms with Gasteiger partial charge in [0.05, 0.1) is 54.2 Å². The molecule has 25 atom stereocenters. The second-order valence-electron chi connectivity index (χ2n) is 23.7. The lowest BCUT2D eigenvalue weighted by Crippen LogP contribution is -2.78. The summed E-state index contributed by atoms with van der Waals surface area (Å²) in [5, 5.41) is 59.5. The van der Waals surface area contributed by atoms with E-state index in [1.807, 2.05) is 57.2 Å². The number of fused-ring (bicyclic) bond motifs is 5. The molecule has 0 amide bonds. The van der Waals surface area contributed by atoms with Crippen molar-refractivity contribution in [2.75, 3.05) is 28.4 Å². The van der Waals surface area contributed by atoms with Crippen LogP contribution in [-0.2, 0) is 71.2 Å². The van der Waals surface area contributed by atoms with Gasteiger partial charge in [0.1, 0.15) is 59.5 Å². The van der Waals surface area contributed by atoms with Gasteiger partial charge in [-0.2, -0.15) is 0 Å². The van der Waals surface area contributed by atoms with Crippen LogP contribution >= 0.6 is 0 Å². The molecular formula is C58H86O20. The van der Waals surface area contributed by atoms with Crippen LogP contribution < -0.4 is 0 Å². The van der Waals surface area contributed by atoms with E-state index in [9.17, 15) is 35.1 Å². The molecule has 9 rings (SSSR count). The van der Waals surface area contributed by atoms with Gasteiger partial charge in [-0.1, -0.05) is 48.9 Å². The van der Waals surface area contributed by atoms with E-state index in [2.05, 4.69) is 6.92 Å². The molecule has 0 aromatic heterocycles. The minimum atomic E-state index is -2.05. The summed E-state index contributed by atoms with van der Waals surface area (Å²) in [5.41, 5.74) is -6.29. The smallest absolute Gasteiger partial charge is 0.331 e. The second kappa shape index (κ2) is 23.4. The molecule has 1 aromatic rings. The Morgan fingerprint density at radius 3 is 1.74 bits per heavy atom. The summed E-state index contributed by atoms with van der Waals surface area (Å²) in [6.45, 7) is 12.3. The minimum absolute atomic E-state index is 0.0552. The highest BCUT2D eigenvalue weighted by Gasteiger charge is 2.81. The zero-order chi connectivity index (χ0) is 56.3. The maximum atomic E-state index is 13.6. The average Bonchev–Trinajstić information content (AvgIpc) is 3.72. The van der Waals surface area contributed by atoms with Crippen molar-refractivity contribution in [3.05, 3.63) is 53.6 Å². The van der Waals surface area contributed by atoms with Crippen LogP contribution in [0.3, 0.4) is 0 Å². The number of Topliss-reactive ketones (excluding diaryl/α,β-unsaturated/α-hetero) is 1. The summed E-state index contributed by atoms with van der Waals surface area (Å²) in [5.74, 6) is -1.82. The fourth-order valence-electron chi connectivity index (χ4n) is 15.0. The number of carbonyl (C=O) groups excluding carboxylic acids is 2. The Morgan fingerprint density at radius 2 is 1.21 bits per heavy atom. The predicted octanol–water partition coefficient (Wildman–Crippen LogP) is 4.21. The molecule has 4 saturated heterocycles. The lowest BCUT2D eigenvalue weighted by molar-refractivity contribution is -0.356. The number of aliphatic hydroxyl groups is 5. The number of methoxy groups -OCH3 is 4. The number of hydrogen-bond donors (Lipinski definition) is 5. The van der Waals surface area contributed by atoms with E-state index in [0.717, 1.165) is 11.1 Å². The normalized spacial score (nSPS) is 48.6. The fraction of sp³-hybridized carbons (Fsp3) is 0.793. The molecule has 7 fully saturated rings. The van der Waals surface area contributed by atoms with E-state index in [4.69, 9.17) is 61.6 Å². The van der Waals surface area contributed by atoms with Crippen LogP contribution in [0.2, 0.25) is 0 Å². The summed E-state index contributed by atoms with van der Waals surface area (Å²) in [6.07, 6.45) is -5.13. The number of hydrogen-bond acceptors (Lipinski definition) is 20. The van der Waals surface area contributed by atoms with Crippen molar-refractivity contribution in [1.29, 1.82) is 0 Å². The van der Waals surface area contributed by atoms with E-state index >= 15 is 0 Å². The average molecular weight is 1100 g/mol. The molecule has 0 spiro atoms. The number of ether oxygens (including phenoxy) is 13. The predicted molar refractivity (Wildman–Crippen MR) is 277 cm³/mol. The Balaban J connectivity index is 0.810. The Bertz CT molecular complexity index is 2300. The van der Waals surface area contributed by atoms with Gasteiger partial charge in [0, 0.05) is 59.7 Å². The quantitative estimate of drug-likeness (QED) is 0.0883. The molecule has 78 heavy (non-hydrogen) atoms. The molecular weight excluding hydrogens is 1020 g/mol. The van der Waals surface area contributed by atoms with Crippen molar-refractivity contribution in [2.45, 2.75) is 246 Å². The van der Waals surface area contributed by atoms with E-state index in [0.29, 0.717) is 38.5 Å². The molecule has 1 aromatic carbocycles. The lowest BCUT2D eigenvalue weighted by Gasteiger charge is -2.67. The molecule has 4 aliphatic carbocycles. The zero-order valence-electron chi connectivity index (χ0n) is 47.1. The Labute approximate surface area is 458 Å². The summed E-state index contributed by atoms with van der Waals surface area (Å²) in [7, 11) is 6.24. The maximum absolute atomic E-state index is 13.6. The summed E-state index contributed by atoms with van der Waals surface area (Å²) in [6, 6.07) is 9.29. The monoisotopic (exact) mass is 1100 g/mol. The van der Waals surface area contributed by atoms with Crippen LogP contribution in [0.5, 0.6) is 0 Å². The molecule has 3 saturated carbocycles. The first kappa shape index (κ1) is 59.8. The Morgan fingerprint density at radius 1 is 0.654 bits per heavy atom. The van der Waals surface area contributed by atoms with Crippen molar-refractivity contribution in [1.82, 2.24) is 0 Å². The van der Waals surface area contributed by atoms with E-state index in [1.165, 1.54) is 20.1 Å². The summed E-state index contributed by atoms with van der Waals surface area (Å²) in [4.78, 5) is 27.0. The van der Waals surface area contributed by atoms with Gasteiger partial charge in [-0.05, 0) is 104 Å². The van der Waals surface area contributed by atoms with Gasteiger partial charge < -0.3 is 87.1 Å². The largest absolute Gasteiger partial charge is 0.458 e. The molecule has 0 radical (unpaired) electrons. The van der Waals surface area contributed by atoms with Crippen LogP contribution in [-0.4, -0.2) is 199 Å². The highest BCUT2D eigenvalue weighted by Crippen LogP contribution is 2.71. The highest BCUT2D eigenvalue weighted by molar-refractivity contribution is 5.88. The minimum Gasteiger partial charge on any atom is -0.458 e. The van der Waals surface area contributed by atoms with Gasteiger partial charge in [0.25, 0.3) is 0 Å². The highest BCUT2D eigenvalue weighted by atomic mass is 16.8. The van der Waals surface area contributed by atoms with Crippen molar-refractivity contribution >= 4 is 17.8 Å². The van der Waals surface area contributed by atoms with Crippen LogP contribution in [0.15, 0.2) is 48.1 Å². The van der Waals surface area contributed by atoms with Crippen LogP contribution in [0, 0.1) is 16.7 Å².